The topological polar surface area (TPSA) is 77.9 Å². The number of benzene rings is 1. The molecule has 1 N–H and O–H groups in total. The second-order valence-corrected chi connectivity index (χ2v) is 11.6. The molecule has 6 nitrogen and oxygen atoms in total. The van der Waals surface area contributed by atoms with E-state index in [1.165, 1.54) is 22.3 Å². The highest BCUT2D eigenvalue weighted by atomic mass is 32.2. The van der Waals surface area contributed by atoms with Gasteiger partial charge in [-0.05, 0) is 59.5 Å². The molecular weight excluding hydrogens is 564 g/mol. The van der Waals surface area contributed by atoms with Gasteiger partial charge >= 0.3 is 12.1 Å². The van der Waals surface area contributed by atoms with Crippen LogP contribution in [0.25, 0.3) is 17.2 Å². The fourth-order valence-corrected chi connectivity index (χ4v) is 6.62. The van der Waals surface area contributed by atoms with Gasteiger partial charge in [0.2, 0.25) is 5.91 Å². The number of likely N-dealkylation sites (tertiary alicyclic amines) is 1. The minimum atomic E-state index is -4.82. The van der Waals surface area contributed by atoms with Gasteiger partial charge in [-0.1, -0.05) is 30.0 Å². The Morgan fingerprint density at radius 1 is 1.21 bits per heavy atom. The van der Waals surface area contributed by atoms with Gasteiger partial charge in [0, 0.05) is 37.4 Å². The lowest BCUT2D eigenvalue weighted by Crippen LogP contribution is -2.42. The molecule has 1 aromatic carbocycles. The van der Waals surface area contributed by atoms with E-state index >= 15 is 0 Å². The number of carboxylic acids is 1. The highest BCUT2D eigenvalue weighted by Crippen LogP contribution is 2.37. The van der Waals surface area contributed by atoms with E-state index < -0.39 is 23.5 Å². The number of nitrogens with zero attached hydrogens (tertiary/aromatic N) is 2. The number of amides is 2. The Labute approximate surface area is 229 Å². The molecule has 0 unspecified atom stereocenters. The smallest absolute Gasteiger partial charge is 0.419 e. The number of carbonyl (C=O) groups is 3. The maximum Gasteiger partial charge on any atom is 0.419 e. The van der Waals surface area contributed by atoms with Gasteiger partial charge in [0.1, 0.15) is 10.1 Å². The molecule has 38 heavy (non-hydrogen) atoms. The molecule has 2 aliphatic heterocycles. The van der Waals surface area contributed by atoms with Gasteiger partial charge in [-0.2, -0.15) is 13.2 Å². The van der Waals surface area contributed by atoms with E-state index in [-0.39, 0.29) is 42.7 Å². The summed E-state index contributed by atoms with van der Waals surface area (Å²) in [5, 5.41) is 10.6. The Morgan fingerprint density at radius 3 is 2.68 bits per heavy atom. The molecule has 2 saturated heterocycles. The fourth-order valence-electron chi connectivity index (χ4n) is 4.39. The summed E-state index contributed by atoms with van der Waals surface area (Å²) < 4.78 is 53.1. The first-order valence-corrected chi connectivity index (χ1v) is 13.7. The van der Waals surface area contributed by atoms with Crippen molar-refractivity contribution in [2.75, 3.05) is 19.6 Å². The zero-order chi connectivity index (χ0) is 27.6. The number of hydrogen-bond acceptors (Lipinski definition) is 6. The van der Waals surface area contributed by atoms with Crippen molar-refractivity contribution in [1.82, 2.24) is 9.80 Å². The van der Waals surface area contributed by atoms with Crippen molar-refractivity contribution in [2.45, 2.75) is 31.9 Å². The van der Waals surface area contributed by atoms with Crippen LogP contribution in [0, 0.1) is 11.7 Å². The molecule has 2 aromatic rings. The lowest BCUT2D eigenvalue weighted by molar-refractivity contribution is -0.141. The number of rotatable bonds is 7. The van der Waals surface area contributed by atoms with Crippen molar-refractivity contribution in [3.63, 3.8) is 0 Å². The zero-order valence-electron chi connectivity index (χ0n) is 19.8. The van der Waals surface area contributed by atoms with Crippen LogP contribution in [0.3, 0.4) is 0 Å². The summed E-state index contributed by atoms with van der Waals surface area (Å²) in [6.07, 6.45) is -1.68. The average Bonchev–Trinajstić information content (AvgIpc) is 3.41. The predicted octanol–water partition coefficient (Wildman–Crippen LogP) is 5.88. The minimum absolute atomic E-state index is 0.0123. The monoisotopic (exact) mass is 586 g/mol. The van der Waals surface area contributed by atoms with Crippen LogP contribution in [-0.2, 0) is 20.6 Å². The lowest BCUT2D eigenvalue weighted by Gasteiger charge is -2.32. The number of carboxylic acid groups (broad SMARTS) is 1. The number of halogens is 4. The molecule has 1 atom stereocenters. The van der Waals surface area contributed by atoms with Crippen molar-refractivity contribution in [2.24, 2.45) is 5.92 Å². The number of alkyl halides is 3. The number of thiophene rings is 1. The summed E-state index contributed by atoms with van der Waals surface area (Å²) in [5.41, 5.74) is -0.695. The number of thioether (sulfide) groups is 1. The summed E-state index contributed by atoms with van der Waals surface area (Å²) in [6.45, 7) is 1.02. The Bertz CT molecular complexity index is 1310. The predicted molar refractivity (Wildman–Crippen MR) is 141 cm³/mol. The molecule has 0 bridgehead atoms. The fraction of sp³-hybridized carbons (Fsp3) is 0.360. The van der Waals surface area contributed by atoms with Gasteiger partial charge in [-0.15, -0.1) is 11.3 Å². The number of hydrogen-bond donors (Lipinski definition) is 1. The molecule has 13 heteroatoms. The van der Waals surface area contributed by atoms with Crippen molar-refractivity contribution >= 4 is 63.5 Å². The first kappa shape index (κ1) is 28.2. The van der Waals surface area contributed by atoms with E-state index in [1.54, 1.807) is 22.4 Å². The van der Waals surface area contributed by atoms with E-state index in [9.17, 15) is 31.9 Å². The third-order valence-electron chi connectivity index (χ3n) is 6.26. The second kappa shape index (κ2) is 11.5. The van der Waals surface area contributed by atoms with E-state index in [0.717, 1.165) is 36.7 Å². The first-order chi connectivity index (χ1) is 17.9. The summed E-state index contributed by atoms with van der Waals surface area (Å²) >= 11 is 7.61. The Hall–Kier alpha value is -2.77. The van der Waals surface area contributed by atoms with E-state index in [2.05, 4.69) is 0 Å². The molecule has 4 rings (SSSR count). The zero-order valence-corrected chi connectivity index (χ0v) is 22.2. The van der Waals surface area contributed by atoms with Crippen LogP contribution in [-0.4, -0.2) is 56.6 Å². The second-order valence-electron chi connectivity index (χ2n) is 8.96. The van der Waals surface area contributed by atoms with E-state index in [0.29, 0.717) is 32.8 Å². The SMILES string of the molecule is O=C(O)C[C@@H]1CCCN(C(=O)CCN2C(=O)/C(=C/c3cc(-c4ccc(F)c(C(F)(F)F)c4)cs3)SC2=S)C1. The molecule has 2 amide bonds. The van der Waals surface area contributed by atoms with Crippen LogP contribution < -0.4 is 0 Å². The highest BCUT2D eigenvalue weighted by Gasteiger charge is 2.35. The number of piperidine rings is 1. The quantitative estimate of drug-likeness (QED) is 0.248. The lowest BCUT2D eigenvalue weighted by atomic mass is 9.94. The summed E-state index contributed by atoms with van der Waals surface area (Å²) in [7, 11) is 0. The molecule has 0 aliphatic carbocycles. The Morgan fingerprint density at radius 2 is 1.97 bits per heavy atom. The maximum absolute atomic E-state index is 13.6. The number of thiocarbonyl (C=S) groups is 1. The van der Waals surface area contributed by atoms with E-state index in [4.69, 9.17) is 17.3 Å². The Balaban J connectivity index is 1.40. The molecule has 2 aliphatic rings. The van der Waals surface area contributed by atoms with Gasteiger partial charge in [-0.3, -0.25) is 19.3 Å². The van der Waals surface area contributed by atoms with Crippen LogP contribution in [0.4, 0.5) is 17.6 Å². The third-order valence-corrected chi connectivity index (χ3v) is 8.51. The van der Waals surface area contributed by atoms with Crippen molar-refractivity contribution in [3.8, 4) is 11.1 Å². The third kappa shape index (κ3) is 6.62. The Kier molecular flexibility index (Phi) is 8.58. The van der Waals surface area contributed by atoms with Gasteiger partial charge < -0.3 is 10.0 Å². The van der Waals surface area contributed by atoms with Gasteiger partial charge in [0.15, 0.2) is 0 Å². The molecule has 0 spiro atoms. The van der Waals surface area contributed by atoms with Gasteiger partial charge in [0.05, 0.1) is 10.5 Å². The summed E-state index contributed by atoms with van der Waals surface area (Å²) in [5.74, 6) is -2.87. The van der Waals surface area contributed by atoms with Crippen LogP contribution in [0.15, 0.2) is 34.6 Å². The summed E-state index contributed by atoms with van der Waals surface area (Å²) in [4.78, 5) is 40.5. The standard InChI is InChI=1S/C25H22F4N2O4S3/c26-19-4-3-15(10-18(19)25(27,28)29)16-9-17(37-13-16)11-20-23(35)31(24(36)38-20)7-5-21(32)30-6-1-2-14(12-30)8-22(33)34/h3-4,9-11,13-14H,1-2,5-8,12H2,(H,33,34)/b20-11-/t14-/m0/s1. The molecule has 1 aromatic heterocycles. The van der Waals surface area contributed by atoms with Crippen molar-refractivity contribution < 1.29 is 37.1 Å². The number of aliphatic carboxylic acids is 1. The van der Waals surface area contributed by atoms with Crippen LogP contribution in [0.5, 0.6) is 0 Å². The summed E-state index contributed by atoms with van der Waals surface area (Å²) in [6, 6.07) is 4.40. The van der Waals surface area contributed by atoms with Crippen LogP contribution >= 0.6 is 35.3 Å². The van der Waals surface area contributed by atoms with Crippen molar-refractivity contribution in [1.29, 1.82) is 0 Å². The number of carbonyl (C=O) groups excluding carboxylic acids is 2. The average molecular weight is 587 g/mol. The largest absolute Gasteiger partial charge is 0.481 e. The molecular formula is C25H22F4N2O4S3. The van der Waals surface area contributed by atoms with Gasteiger partial charge in [0.25, 0.3) is 5.91 Å². The molecule has 202 valence electrons. The normalized spacial score (nSPS) is 19.5. The molecule has 0 saturated carbocycles. The van der Waals surface area contributed by atoms with Gasteiger partial charge in [-0.25, -0.2) is 4.39 Å². The van der Waals surface area contributed by atoms with Crippen molar-refractivity contribution in [3.05, 3.63) is 50.8 Å². The maximum atomic E-state index is 13.6. The highest BCUT2D eigenvalue weighted by molar-refractivity contribution is 8.26. The first-order valence-electron chi connectivity index (χ1n) is 11.6. The minimum Gasteiger partial charge on any atom is -0.481 e. The molecule has 0 radical (unpaired) electrons. The molecule has 3 heterocycles. The van der Waals surface area contributed by atoms with Crippen LogP contribution in [0.2, 0.25) is 0 Å². The van der Waals surface area contributed by atoms with Crippen LogP contribution in [0.1, 0.15) is 36.1 Å². The molecule has 2 fully saturated rings. The van der Waals surface area contributed by atoms with E-state index in [1.807, 2.05) is 0 Å².